The van der Waals surface area contributed by atoms with Gasteiger partial charge in [0.2, 0.25) is 0 Å². The second-order valence-corrected chi connectivity index (χ2v) is 10.9. The monoisotopic (exact) mass is 544 g/mol. The SMILES string of the molecule is CC(C)(C)C1CC(=Cc2ccc(Cl)cc2)c2nc3ccccc3c(C(=O)OCC(=O)NCC(F)(F)F)c2C1. The highest BCUT2D eigenvalue weighted by molar-refractivity contribution is 6.30. The molecule has 1 N–H and O–H groups in total. The van der Waals surface area contributed by atoms with E-state index in [0.29, 0.717) is 33.6 Å². The summed E-state index contributed by atoms with van der Waals surface area (Å²) in [5, 5.41) is 2.91. The fourth-order valence-electron chi connectivity index (χ4n) is 4.58. The third kappa shape index (κ3) is 6.54. The highest BCUT2D eigenvalue weighted by atomic mass is 35.5. The number of nitrogens with one attached hydrogen (secondary N) is 1. The molecule has 1 atom stereocenters. The van der Waals surface area contributed by atoms with Crippen LogP contribution in [0, 0.1) is 11.3 Å². The summed E-state index contributed by atoms with van der Waals surface area (Å²) in [5.74, 6) is -1.64. The molecule has 1 aliphatic rings. The highest BCUT2D eigenvalue weighted by Crippen LogP contribution is 2.44. The van der Waals surface area contributed by atoms with Gasteiger partial charge in [-0.1, -0.05) is 62.7 Å². The van der Waals surface area contributed by atoms with Crippen molar-refractivity contribution in [2.75, 3.05) is 13.2 Å². The van der Waals surface area contributed by atoms with Crippen molar-refractivity contribution in [3.63, 3.8) is 0 Å². The Morgan fingerprint density at radius 1 is 1.08 bits per heavy atom. The lowest BCUT2D eigenvalue weighted by molar-refractivity contribution is -0.140. The van der Waals surface area contributed by atoms with E-state index in [9.17, 15) is 22.8 Å². The molecule has 9 heteroatoms. The van der Waals surface area contributed by atoms with E-state index < -0.39 is 31.2 Å². The van der Waals surface area contributed by atoms with Crippen molar-refractivity contribution < 1.29 is 27.5 Å². The number of nitrogens with zero attached hydrogens (tertiary/aromatic N) is 1. The second-order valence-electron chi connectivity index (χ2n) is 10.5. The van der Waals surface area contributed by atoms with E-state index >= 15 is 0 Å². The first-order valence-electron chi connectivity index (χ1n) is 12.2. The molecule has 0 aliphatic heterocycles. The Morgan fingerprint density at radius 3 is 2.42 bits per heavy atom. The smallest absolute Gasteiger partial charge is 0.405 e. The molecule has 38 heavy (non-hydrogen) atoms. The lowest BCUT2D eigenvalue weighted by Gasteiger charge is -2.36. The largest absolute Gasteiger partial charge is 0.452 e. The molecule has 0 fully saturated rings. The number of alkyl halides is 3. The van der Waals surface area contributed by atoms with Crippen molar-refractivity contribution in [3.05, 3.63) is 75.9 Å². The minimum Gasteiger partial charge on any atom is -0.452 e. The van der Waals surface area contributed by atoms with Gasteiger partial charge in [-0.25, -0.2) is 9.78 Å². The van der Waals surface area contributed by atoms with Crippen LogP contribution in [0.15, 0.2) is 48.5 Å². The van der Waals surface area contributed by atoms with Crippen LogP contribution in [0.5, 0.6) is 0 Å². The lowest BCUT2D eigenvalue weighted by atomic mass is 9.69. The molecule has 0 saturated heterocycles. The van der Waals surface area contributed by atoms with E-state index in [-0.39, 0.29) is 16.9 Å². The first-order chi connectivity index (χ1) is 17.8. The zero-order chi connectivity index (χ0) is 27.7. The Bertz CT molecular complexity index is 1390. The van der Waals surface area contributed by atoms with E-state index in [2.05, 4.69) is 20.8 Å². The molecule has 2 aromatic carbocycles. The van der Waals surface area contributed by atoms with Gasteiger partial charge in [0.1, 0.15) is 6.54 Å². The van der Waals surface area contributed by atoms with Crippen LogP contribution in [-0.2, 0) is 16.0 Å². The first-order valence-corrected chi connectivity index (χ1v) is 12.6. The van der Waals surface area contributed by atoms with Crippen molar-refractivity contribution >= 4 is 46.0 Å². The number of pyridine rings is 1. The Morgan fingerprint density at radius 2 is 1.76 bits per heavy atom. The molecule has 4 rings (SSSR count). The van der Waals surface area contributed by atoms with Crippen molar-refractivity contribution in [2.45, 2.75) is 39.8 Å². The maximum atomic E-state index is 13.4. The van der Waals surface area contributed by atoms with Crippen LogP contribution in [0.25, 0.3) is 22.6 Å². The minimum atomic E-state index is -4.56. The number of carbonyl (C=O) groups excluding carboxylic acids is 2. The molecule has 200 valence electrons. The van der Waals surface area contributed by atoms with E-state index in [1.165, 1.54) is 0 Å². The maximum absolute atomic E-state index is 13.4. The normalized spacial score (nSPS) is 16.8. The first kappa shape index (κ1) is 27.6. The summed E-state index contributed by atoms with van der Waals surface area (Å²) in [7, 11) is 0. The van der Waals surface area contributed by atoms with Gasteiger partial charge in [0.05, 0.1) is 16.8 Å². The van der Waals surface area contributed by atoms with Crippen LogP contribution in [-0.4, -0.2) is 36.2 Å². The molecule has 1 aliphatic carbocycles. The molecule has 1 amide bonds. The Labute approximate surface area is 224 Å². The molecule has 0 bridgehead atoms. The fourth-order valence-corrected chi connectivity index (χ4v) is 4.71. The number of hydrogen-bond acceptors (Lipinski definition) is 4. The molecular weight excluding hydrogens is 517 g/mol. The quantitative estimate of drug-likeness (QED) is 0.356. The number of rotatable bonds is 5. The molecule has 0 saturated carbocycles. The molecule has 0 radical (unpaired) electrons. The van der Waals surface area contributed by atoms with Crippen molar-refractivity contribution in [1.29, 1.82) is 0 Å². The Balaban J connectivity index is 1.78. The number of carbonyl (C=O) groups is 2. The van der Waals surface area contributed by atoms with Gasteiger partial charge < -0.3 is 10.1 Å². The second kappa shape index (κ2) is 10.8. The zero-order valence-electron chi connectivity index (χ0n) is 21.3. The third-order valence-corrected chi connectivity index (χ3v) is 6.93. The lowest BCUT2D eigenvalue weighted by Crippen LogP contribution is -2.36. The molecule has 5 nitrogen and oxygen atoms in total. The number of allylic oxidation sites excluding steroid dienone is 1. The molecule has 1 aromatic heterocycles. The molecule has 1 heterocycles. The van der Waals surface area contributed by atoms with E-state index in [0.717, 1.165) is 17.6 Å². The Hall–Kier alpha value is -3.39. The van der Waals surface area contributed by atoms with Gasteiger partial charge in [-0.05, 0) is 65.1 Å². The van der Waals surface area contributed by atoms with Gasteiger partial charge in [0, 0.05) is 10.4 Å². The summed E-state index contributed by atoms with van der Waals surface area (Å²) < 4.78 is 42.6. The van der Waals surface area contributed by atoms with Gasteiger partial charge in [0.25, 0.3) is 5.91 Å². The predicted molar refractivity (Wildman–Crippen MR) is 142 cm³/mol. The number of benzene rings is 2. The number of fused-ring (bicyclic) bond motifs is 2. The van der Waals surface area contributed by atoms with E-state index in [1.54, 1.807) is 35.6 Å². The number of aromatic nitrogens is 1. The summed E-state index contributed by atoms with van der Waals surface area (Å²) in [6.45, 7) is 4.10. The predicted octanol–water partition coefficient (Wildman–Crippen LogP) is 6.87. The average Bonchev–Trinajstić information content (AvgIpc) is 2.85. The number of esters is 1. The summed E-state index contributed by atoms with van der Waals surface area (Å²) in [4.78, 5) is 30.2. The molecule has 0 spiro atoms. The van der Waals surface area contributed by atoms with Crippen LogP contribution in [0.2, 0.25) is 5.02 Å². The van der Waals surface area contributed by atoms with Crippen LogP contribution < -0.4 is 5.32 Å². The van der Waals surface area contributed by atoms with E-state index in [1.807, 2.05) is 24.3 Å². The minimum absolute atomic E-state index is 0.0962. The summed E-state index contributed by atoms with van der Waals surface area (Å²) in [6.07, 6.45) is -1.23. The fraction of sp³-hybridized carbons (Fsp3) is 0.345. The van der Waals surface area contributed by atoms with Gasteiger partial charge in [-0.3, -0.25) is 4.79 Å². The molecule has 1 unspecified atom stereocenters. The van der Waals surface area contributed by atoms with Crippen LogP contribution >= 0.6 is 11.6 Å². The number of para-hydroxylation sites is 1. The maximum Gasteiger partial charge on any atom is 0.405 e. The number of ether oxygens (including phenoxy) is 1. The third-order valence-electron chi connectivity index (χ3n) is 6.67. The summed E-state index contributed by atoms with van der Waals surface area (Å²) >= 11 is 6.06. The zero-order valence-corrected chi connectivity index (χ0v) is 22.0. The van der Waals surface area contributed by atoms with Gasteiger partial charge >= 0.3 is 12.1 Å². The van der Waals surface area contributed by atoms with Crippen LogP contribution in [0.3, 0.4) is 0 Å². The summed E-state index contributed by atoms with van der Waals surface area (Å²) in [5.41, 5.74) is 4.03. The topological polar surface area (TPSA) is 68.3 Å². The van der Waals surface area contributed by atoms with Gasteiger partial charge in [-0.15, -0.1) is 0 Å². The molecule has 3 aromatic rings. The Kier molecular flexibility index (Phi) is 7.83. The average molecular weight is 545 g/mol. The molecular formula is C29H28ClF3N2O3. The van der Waals surface area contributed by atoms with Crippen molar-refractivity contribution in [1.82, 2.24) is 10.3 Å². The standard InChI is InChI=1S/C29H28ClF3N2O3/c1-28(2,3)19-13-18(12-17-8-10-20(30)11-9-17)26-22(14-19)25(21-6-4-5-7-23(21)35-26)27(37)38-15-24(36)34-16-29(31,32)33/h4-12,19H,13-16H2,1-3H3,(H,34,36). The van der Waals surface area contributed by atoms with Crippen LogP contribution in [0.1, 0.15) is 54.4 Å². The van der Waals surface area contributed by atoms with Crippen LogP contribution in [0.4, 0.5) is 13.2 Å². The van der Waals surface area contributed by atoms with E-state index in [4.69, 9.17) is 21.3 Å². The number of halogens is 4. The highest BCUT2D eigenvalue weighted by Gasteiger charge is 2.35. The summed E-state index contributed by atoms with van der Waals surface area (Å²) in [6, 6.07) is 14.6. The van der Waals surface area contributed by atoms with Gasteiger partial charge in [0.15, 0.2) is 6.61 Å². The van der Waals surface area contributed by atoms with Crippen molar-refractivity contribution in [2.24, 2.45) is 11.3 Å². The van der Waals surface area contributed by atoms with Crippen molar-refractivity contribution in [3.8, 4) is 0 Å². The number of amides is 1. The number of hydrogen-bond donors (Lipinski definition) is 1. The van der Waals surface area contributed by atoms with Gasteiger partial charge in [-0.2, -0.15) is 13.2 Å².